The normalized spacial score (nSPS) is 9.93. The van der Waals surface area contributed by atoms with Crippen molar-refractivity contribution in [2.45, 2.75) is 6.42 Å². The molecule has 2 heterocycles. The van der Waals surface area contributed by atoms with E-state index in [9.17, 15) is 4.79 Å². The number of pyridine rings is 1. The summed E-state index contributed by atoms with van der Waals surface area (Å²) in [5.41, 5.74) is 1.39. The van der Waals surface area contributed by atoms with Gasteiger partial charge in [0.05, 0.1) is 23.7 Å². The molecule has 3 nitrogen and oxygen atoms in total. The van der Waals surface area contributed by atoms with Crippen molar-refractivity contribution in [3.05, 3.63) is 36.2 Å². The van der Waals surface area contributed by atoms with Gasteiger partial charge in [-0.15, -0.1) is 6.42 Å². The molecular weight excluding hydrogens is 176 g/mol. The molecule has 2 aromatic heterocycles. The van der Waals surface area contributed by atoms with E-state index in [1.165, 1.54) is 0 Å². The van der Waals surface area contributed by atoms with Gasteiger partial charge in [0.25, 0.3) is 0 Å². The van der Waals surface area contributed by atoms with Gasteiger partial charge in [-0.3, -0.25) is 4.79 Å². The summed E-state index contributed by atoms with van der Waals surface area (Å²) in [6.45, 7) is 0. The van der Waals surface area contributed by atoms with E-state index in [1.54, 1.807) is 16.9 Å². The van der Waals surface area contributed by atoms with Crippen LogP contribution in [0.1, 0.15) is 16.8 Å². The zero-order chi connectivity index (χ0) is 9.97. The first-order valence-electron chi connectivity index (χ1n) is 4.22. The van der Waals surface area contributed by atoms with E-state index >= 15 is 0 Å². The van der Waals surface area contributed by atoms with Crippen LogP contribution < -0.4 is 0 Å². The van der Waals surface area contributed by atoms with Crippen LogP contribution in [0.5, 0.6) is 0 Å². The van der Waals surface area contributed by atoms with Crippen molar-refractivity contribution in [3.63, 3.8) is 0 Å². The Kier molecular flexibility index (Phi) is 2.04. The average Bonchev–Trinajstić information content (AvgIpc) is 2.61. The van der Waals surface area contributed by atoms with Crippen LogP contribution >= 0.6 is 0 Å². The minimum atomic E-state index is -0.0614. The molecule has 0 aliphatic carbocycles. The molecule has 0 saturated heterocycles. The van der Waals surface area contributed by atoms with Crippen LogP contribution in [-0.2, 0) is 0 Å². The Morgan fingerprint density at radius 2 is 2.43 bits per heavy atom. The van der Waals surface area contributed by atoms with Crippen molar-refractivity contribution in [1.29, 1.82) is 0 Å². The summed E-state index contributed by atoms with van der Waals surface area (Å²) in [6.07, 6.45) is 8.55. The lowest BCUT2D eigenvalue weighted by Gasteiger charge is -1.93. The van der Waals surface area contributed by atoms with Crippen LogP contribution in [0.15, 0.2) is 30.6 Å². The monoisotopic (exact) mass is 184 g/mol. The molecule has 0 N–H and O–H groups in total. The lowest BCUT2D eigenvalue weighted by molar-refractivity contribution is 0.1000. The summed E-state index contributed by atoms with van der Waals surface area (Å²) in [5.74, 6) is 2.27. The Morgan fingerprint density at radius 1 is 1.57 bits per heavy atom. The van der Waals surface area contributed by atoms with Gasteiger partial charge < -0.3 is 0 Å². The molecule has 2 aromatic rings. The molecule has 0 amide bonds. The fourth-order valence-corrected chi connectivity index (χ4v) is 1.34. The van der Waals surface area contributed by atoms with Crippen LogP contribution in [0.4, 0.5) is 0 Å². The molecule has 0 spiro atoms. The first-order valence-corrected chi connectivity index (χ1v) is 4.22. The maximum absolute atomic E-state index is 11.5. The van der Waals surface area contributed by atoms with Crippen molar-refractivity contribution >= 4 is 11.3 Å². The smallest absolute Gasteiger partial charge is 0.178 e. The molecule has 0 aliphatic heterocycles. The Balaban J connectivity index is 2.54. The molecule has 0 atom stereocenters. The molecule has 0 unspecified atom stereocenters. The largest absolute Gasteiger partial charge is 0.293 e. The molecule has 0 radical (unpaired) electrons. The van der Waals surface area contributed by atoms with Crippen LogP contribution in [0.25, 0.3) is 5.52 Å². The van der Waals surface area contributed by atoms with Gasteiger partial charge in [-0.25, -0.2) is 4.52 Å². The van der Waals surface area contributed by atoms with Gasteiger partial charge in [0.2, 0.25) is 0 Å². The zero-order valence-electron chi connectivity index (χ0n) is 7.47. The van der Waals surface area contributed by atoms with E-state index in [2.05, 4.69) is 11.0 Å². The minimum Gasteiger partial charge on any atom is -0.293 e. The first-order chi connectivity index (χ1) is 6.83. The average molecular weight is 184 g/mol. The Hall–Kier alpha value is -2.08. The van der Waals surface area contributed by atoms with E-state index in [-0.39, 0.29) is 12.2 Å². The molecule has 68 valence electrons. The predicted molar refractivity (Wildman–Crippen MR) is 53.0 cm³/mol. The van der Waals surface area contributed by atoms with Gasteiger partial charge in [0.1, 0.15) is 0 Å². The van der Waals surface area contributed by atoms with E-state index in [0.717, 1.165) is 5.52 Å². The number of carbonyl (C=O) groups excluding carboxylic acids is 1. The van der Waals surface area contributed by atoms with Crippen LogP contribution in [0.3, 0.4) is 0 Å². The number of hydrogen-bond acceptors (Lipinski definition) is 2. The summed E-state index contributed by atoms with van der Waals surface area (Å²) in [4.78, 5) is 11.5. The first kappa shape index (κ1) is 8.52. The van der Waals surface area contributed by atoms with E-state index in [0.29, 0.717) is 5.56 Å². The molecular formula is C11H8N2O. The third-order valence-electron chi connectivity index (χ3n) is 1.99. The Morgan fingerprint density at radius 3 is 3.21 bits per heavy atom. The molecule has 3 heteroatoms. The van der Waals surface area contributed by atoms with Crippen molar-refractivity contribution in [1.82, 2.24) is 9.61 Å². The topological polar surface area (TPSA) is 34.4 Å². The molecule has 14 heavy (non-hydrogen) atoms. The van der Waals surface area contributed by atoms with Crippen molar-refractivity contribution in [2.75, 3.05) is 0 Å². The summed E-state index contributed by atoms with van der Waals surface area (Å²) in [6, 6.07) is 5.57. The van der Waals surface area contributed by atoms with E-state index in [4.69, 9.17) is 6.42 Å². The second-order valence-electron chi connectivity index (χ2n) is 2.89. The van der Waals surface area contributed by atoms with Crippen LogP contribution in [0.2, 0.25) is 0 Å². The maximum atomic E-state index is 11.5. The highest BCUT2D eigenvalue weighted by Crippen LogP contribution is 2.11. The molecule has 0 bridgehead atoms. The van der Waals surface area contributed by atoms with Gasteiger partial charge in [0.15, 0.2) is 5.78 Å². The second kappa shape index (κ2) is 3.35. The summed E-state index contributed by atoms with van der Waals surface area (Å²) in [5, 5.41) is 4.05. The number of terminal acetylenes is 1. The van der Waals surface area contributed by atoms with E-state index in [1.807, 2.05) is 18.2 Å². The highest BCUT2D eigenvalue weighted by molar-refractivity contribution is 6.03. The lowest BCUT2D eigenvalue weighted by atomic mass is 10.1. The fraction of sp³-hybridized carbons (Fsp3) is 0.0909. The van der Waals surface area contributed by atoms with Crippen molar-refractivity contribution in [2.24, 2.45) is 0 Å². The van der Waals surface area contributed by atoms with Gasteiger partial charge in [-0.2, -0.15) is 5.10 Å². The fourth-order valence-electron chi connectivity index (χ4n) is 1.34. The molecule has 0 saturated carbocycles. The predicted octanol–water partition coefficient (Wildman–Crippen LogP) is 1.54. The molecule has 2 rings (SSSR count). The van der Waals surface area contributed by atoms with Gasteiger partial charge >= 0.3 is 0 Å². The summed E-state index contributed by atoms with van der Waals surface area (Å²) < 4.78 is 1.66. The SMILES string of the molecule is C#CCC(=O)c1cnn2ccccc12. The number of carbonyl (C=O) groups is 1. The Labute approximate surface area is 81.4 Å². The van der Waals surface area contributed by atoms with E-state index < -0.39 is 0 Å². The van der Waals surface area contributed by atoms with Crippen LogP contribution in [-0.4, -0.2) is 15.4 Å². The number of hydrogen-bond donors (Lipinski definition) is 0. The number of fused-ring (bicyclic) bond motifs is 1. The van der Waals surface area contributed by atoms with Gasteiger partial charge in [-0.1, -0.05) is 12.0 Å². The third kappa shape index (κ3) is 1.27. The van der Waals surface area contributed by atoms with Gasteiger partial charge in [-0.05, 0) is 12.1 Å². The standard InChI is InChI=1S/C11H8N2O/c1-2-5-11(14)9-8-12-13-7-4-3-6-10(9)13/h1,3-4,6-8H,5H2. The van der Waals surface area contributed by atoms with Crippen molar-refractivity contribution < 1.29 is 4.79 Å². The van der Waals surface area contributed by atoms with Gasteiger partial charge in [0, 0.05) is 6.20 Å². The number of aromatic nitrogens is 2. The molecule has 0 aliphatic rings. The summed E-state index contributed by atoms with van der Waals surface area (Å²) in [7, 11) is 0. The van der Waals surface area contributed by atoms with Crippen LogP contribution in [0, 0.1) is 12.3 Å². The highest BCUT2D eigenvalue weighted by Gasteiger charge is 2.10. The zero-order valence-corrected chi connectivity index (χ0v) is 7.47. The molecule has 0 aromatic carbocycles. The minimum absolute atomic E-state index is 0.0614. The number of rotatable bonds is 2. The number of Topliss-reactive ketones (excluding diaryl/α,β-unsaturated/α-hetero) is 1. The number of ketones is 1. The highest BCUT2D eigenvalue weighted by atomic mass is 16.1. The maximum Gasteiger partial charge on any atom is 0.178 e. The third-order valence-corrected chi connectivity index (χ3v) is 1.99. The van der Waals surface area contributed by atoms with Crippen molar-refractivity contribution in [3.8, 4) is 12.3 Å². The summed E-state index contributed by atoms with van der Waals surface area (Å²) >= 11 is 0. The Bertz CT molecular complexity index is 519. The second-order valence-corrected chi connectivity index (χ2v) is 2.89. The number of nitrogens with zero attached hydrogens (tertiary/aromatic N) is 2. The lowest BCUT2D eigenvalue weighted by Crippen LogP contribution is -1.96. The quantitative estimate of drug-likeness (QED) is 0.524. The molecule has 0 fully saturated rings.